The summed E-state index contributed by atoms with van der Waals surface area (Å²) in [5.41, 5.74) is 2.62. The third-order valence-corrected chi connectivity index (χ3v) is 6.95. The Hall–Kier alpha value is -4.59. The van der Waals surface area contributed by atoms with Crippen molar-refractivity contribution in [2.75, 3.05) is 0 Å². The van der Waals surface area contributed by atoms with E-state index in [1.807, 2.05) is 62.4 Å². The average molecular weight is 544 g/mol. The first-order chi connectivity index (χ1) is 19.0. The summed E-state index contributed by atoms with van der Waals surface area (Å²) >= 11 is 0. The number of nitrogens with zero attached hydrogens (tertiary/aromatic N) is 2. The van der Waals surface area contributed by atoms with Gasteiger partial charge in [0.25, 0.3) is 0 Å². The Labute approximate surface area is 228 Å². The number of aromatic nitrogens is 2. The molecule has 0 atom stereocenters. The summed E-state index contributed by atoms with van der Waals surface area (Å²) in [6, 6.07) is 25.1. The van der Waals surface area contributed by atoms with E-state index in [2.05, 4.69) is 15.3 Å². The number of rotatable bonds is 6. The van der Waals surface area contributed by atoms with Crippen molar-refractivity contribution < 1.29 is 22.4 Å². The standard InChI is InChI=1S/C32H25F4N3O/c1-31(2,25-13-9-22(10-14-25)28-16-12-23-4-3-17-37-29(23)39-28)30(40)38-19-20-5-7-21(8-6-20)24-11-15-27(33)26(18-24)32(34,35)36/h3-18H,19H2,1-2H3,(H,38,40). The van der Waals surface area contributed by atoms with E-state index < -0.39 is 23.0 Å². The number of amides is 1. The third-order valence-electron chi connectivity index (χ3n) is 6.95. The van der Waals surface area contributed by atoms with E-state index in [9.17, 15) is 22.4 Å². The first-order valence-corrected chi connectivity index (χ1v) is 12.6. The summed E-state index contributed by atoms with van der Waals surface area (Å²) < 4.78 is 52.8. The Kier molecular flexibility index (Phi) is 7.10. The van der Waals surface area contributed by atoms with Gasteiger partial charge in [-0.1, -0.05) is 54.6 Å². The summed E-state index contributed by atoms with van der Waals surface area (Å²) in [7, 11) is 0. The highest BCUT2D eigenvalue weighted by atomic mass is 19.4. The summed E-state index contributed by atoms with van der Waals surface area (Å²) in [4.78, 5) is 22.1. The van der Waals surface area contributed by atoms with Crippen LogP contribution in [0, 0.1) is 5.82 Å². The van der Waals surface area contributed by atoms with Crippen molar-refractivity contribution in [2.45, 2.75) is 32.0 Å². The lowest BCUT2D eigenvalue weighted by atomic mass is 9.83. The lowest BCUT2D eigenvalue weighted by molar-refractivity contribution is -0.140. The smallest absolute Gasteiger partial charge is 0.351 e. The van der Waals surface area contributed by atoms with Gasteiger partial charge in [-0.2, -0.15) is 13.2 Å². The van der Waals surface area contributed by atoms with Gasteiger partial charge in [-0.05, 0) is 72.5 Å². The van der Waals surface area contributed by atoms with Crippen molar-refractivity contribution in [3.8, 4) is 22.4 Å². The van der Waals surface area contributed by atoms with Crippen molar-refractivity contribution in [1.82, 2.24) is 15.3 Å². The van der Waals surface area contributed by atoms with Crippen molar-refractivity contribution in [3.63, 3.8) is 0 Å². The van der Waals surface area contributed by atoms with Crippen LogP contribution in [0.25, 0.3) is 33.4 Å². The predicted octanol–water partition coefficient (Wildman–Crippen LogP) is 7.72. The van der Waals surface area contributed by atoms with Gasteiger partial charge in [-0.25, -0.2) is 14.4 Å². The molecule has 0 aliphatic heterocycles. The summed E-state index contributed by atoms with van der Waals surface area (Å²) in [5.74, 6) is -1.48. The molecular weight excluding hydrogens is 518 g/mol. The molecule has 40 heavy (non-hydrogen) atoms. The normalized spacial score (nSPS) is 11.9. The minimum atomic E-state index is -4.78. The molecule has 8 heteroatoms. The van der Waals surface area contributed by atoms with Crippen LogP contribution in [-0.2, 0) is 22.9 Å². The zero-order chi connectivity index (χ0) is 28.5. The van der Waals surface area contributed by atoms with E-state index in [4.69, 9.17) is 0 Å². The number of hydrogen-bond donors (Lipinski definition) is 1. The Morgan fingerprint density at radius 1 is 0.825 bits per heavy atom. The van der Waals surface area contributed by atoms with Gasteiger partial charge in [0.2, 0.25) is 5.91 Å². The Bertz CT molecular complexity index is 1680. The van der Waals surface area contributed by atoms with E-state index in [0.29, 0.717) is 11.2 Å². The molecule has 4 nitrogen and oxygen atoms in total. The molecule has 0 unspecified atom stereocenters. The van der Waals surface area contributed by atoms with E-state index >= 15 is 0 Å². The molecule has 0 aliphatic carbocycles. The Morgan fingerprint density at radius 3 is 2.20 bits per heavy atom. The fraction of sp³-hybridized carbons (Fsp3) is 0.156. The van der Waals surface area contributed by atoms with Gasteiger partial charge in [0.15, 0.2) is 5.65 Å². The molecule has 0 spiro atoms. The van der Waals surface area contributed by atoms with Crippen molar-refractivity contribution in [3.05, 3.63) is 120 Å². The lowest BCUT2D eigenvalue weighted by Gasteiger charge is -2.24. The molecule has 0 aliphatic rings. The molecule has 3 aromatic carbocycles. The number of nitrogens with one attached hydrogen (secondary N) is 1. The van der Waals surface area contributed by atoms with Crippen LogP contribution in [-0.4, -0.2) is 15.9 Å². The van der Waals surface area contributed by atoms with Crippen LogP contribution in [0.2, 0.25) is 0 Å². The first-order valence-electron chi connectivity index (χ1n) is 12.6. The summed E-state index contributed by atoms with van der Waals surface area (Å²) in [6.07, 6.45) is -3.07. The van der Waals surface area contributed by atoms with Crippen molar-refractivity contribution in [2.24, 2.45) is 0 Å². The van der Waals surface area contributed by atoms with Crippen LogP contribution in [0.5, 0.6) is 0 Å². The molecule has 2 heterocycles. The zero-order valence-electron chi connectivity index (χ0n) is 21.8. The van der Waals surface area contributed by atoms with Gasteiger partial charge in [0.05, 0.1) is 16.7 Å². The van der Waals surface area contributed by atoms with Crippen LogP contribution in [0.15, 0.2) is 97.2 Å². The number of fused-ring (bicyclic) bond motifs is 1. The van der Waals surface area contributed by atoms with Gasteiger partial charge in [-0.3, -0.25) is 4.79 Å². The number of halogens is 4. The van der Waals surface area contributed by atoms with E-state index in [0.717, 1.165) is 39.9 Å². The quantitative estimate of drug-likeness (QED) is 0.223. The van der Waals surface area contributed by atoms with E-state index in [-0.39, 0.29) is 18.0 Å². The third kappa shape index (κ3) is 5.57. The average Bonchev–Trinajstić information content (AvgIpc) is 2.95. The number of hydrogen-bond acceptors (Lipinski definition) is 3. The maximum atomic E-state index is 13.6. The number of benzene rings is 3. The molecule has 5 rings (SSSR count). The fourth-order valence-corrected chi connectivity index (χ4v) is 4.44. The second kappa shape index (κ2) is 10.5. The second-order valence-electron chi connectivity index (χ2n) is 10.0. The zero-order valence-corrected chi connectivity index (χ0v) is 21.8. The SMILES string of the molecule is CC(C)(C(=O)NCc1ccc(-c2ccc(F)c(C(F)(F)F)c2)cc1)c1ccc(-c2ccc3cccnc3n2)cc1. The maximum Gasteiger partial charge on any atom is 0.419 e. The van der Waals surface area contributed by atoms with Gasteiger partial charge in [0.1, 0.15) is 5.82 Å². The maximum absolute atomic E-state index is 13.6. The summed E-state index contributed by atoms with van der Waals surface area (Å²) in [6.45, 7) is 3.92. The van der Waals surface area contributed by atoms with Gasteiger partial charge < -0.3 is 5.32 Å². The second-order valence-corrected chi connectivity index (χ2v) is 10.0. The molecule has 0 saturated heterocycles. The van der Waals surface area contributed by atoms with Crippen LogP contribution in [0.4, 0.5) is 17.6 Å². The van der Waals surface area contributed by atoms with Gasteiger partial charge in [-0.15, -0.1) is 0 Å². The largest absolute Gasteiger partial charge is 0.419 e. The van der Waals surface area contributed by atoms with Crippen molar-refractivity contribution >= 4 is 16.9 Å². The molecule has 0 fully saturated rings. The highest BCUT2D eigenvalue weighted by molar-refractivity contribution is 5.87. The van der Waals surface area contributed by atoms with Crippen LogP contribution >= 0.6 is 0 Å². The highest BCUT2D eigenvalue weighted by Gasteiger charge is 2.34. The fourth-order valence-electron chi connectivity index (χ4n) is 4.44. The van der Waals surface area contributed by atoms with E-state index in [1.165, 1.54) is 6.07 Å². The Balaban J connectivity index is 1.25. The highest BCUT2D eigenvalue weighted by Crippen LogP contribution is 2.34. The molecule has 0 saturated carbocycles. The van der Waals surface area contributed by atoms with E-state index in [1.54, 1.807) is 30.5 Å². The molecule has 1 N–H and O–H groups in total. The lowest BCUT2D eigenvalue weighted by Crippen LogP contribution is -2.39. The van der Waals surface area contributed by atoms with Gasteiger partial charge >= 0.3 is 6.18 Å². The molecular formula is C32H25F4N3O. The number of carbonyl (C=O) groups is 1. The molecule has 0 radical (unpaired) electrons. The van der Waals surface area contributed by atoms with Crippen molar-refractivity contribution in [1.29, 1.82) is 0 Å². The predicted molar refractivity (Wildman–Crippen MR) is 147 cm³/mol. The number of pyridine rings is 2. The molecule has 5 aromatic rings. The number of carbonyl (C=O) groups excluding carboxylic acids is 1. The van der Waals surface area contributed by atoms with Crippen LogP contribution in [0.3, 0.4) is 0 Å². The molecule has 202 valence electrons. The minimum Gasteiger partial charge on any atom is -0.351 e. The first kappa shape index (κ1) is 27.0. The molecule has 1 amide bonds. The van der Waals surface area contributed by atoms with Gasteiger partial charge in [0, 0.05) is 23.7 Å². The monoisotopic (exact) mass is 543 g/mol. The van der Waals surface area contributed by atoms with Crippen LogP contribution < -0.4 is 5.32 Å². The topological polar surface area (TPSA) is 54.9 Å². The summed E-state index contributed by atoms with van der Waals surface area (Å²) in [5, 5.41) is 3.90. The minimum absolute atomic E-state index is 0.175. The van der Waals surface area contributed by atoms with Crippen LogP contribution in [0.1, 0.15) is 30.5 Å². The molecule has 2 aromatic heterocycles. The Morgan fingerprint density at radius 2 is 1.50 bits per heavy atom. The number of alkyl halides is 3. The molecule has 0 bridgehead atoms.